The first-order chi connectivity index (χ1) is 12.5. The topological polar surface area (TPSA) is 34.1 Å². The van der Waals surface area contributed by atoms with Crippen molar-refractivity contribution in [1.29, 1.82) is 0 Å². The quantitative estimate of drug-likeness (QED) is 0.623. The highest BCUT2D eigenvalue weighted by Crippen LogP contribution is 2.67. The Morgan fingerprint density at radius 1 is 0.808 bits per heavy atom. The molecule has 7 rings (SSSR count). The lowest BCUT2D eigenvalue weighted by Crippen LogP contribution is -2.57. The maximum Gasteiger partial charge on any atom is 0.207 e. The molecule has 4 heteroatoms. The Morgan fingerprint density at radius 3 is 2.12 bits per heavy atom. The summed E-state index contributed by atoms with van der Waals surface area (Å²) in [5, 5.41) is 0.645. The summed E-state index contributed by atoms with van der Waals surface area (Å²) in [5.41, 5.74) is 1.86. The van der Waals surface area contributed by atoms with E-state index in [1.165, 1.54) is 32.1 Å². The summed E-state index contributed by atoms with van der Waals surface area (Å²) in [7, 11) is -3.49. The second-order valence-electron chi connectivity index (χ2n) is 8.81. The van der Waals surface area contributed by atoms with Crippen LogP contribution in [0.25, 0.3) is 0 Å². The zero-order chi connectivity index (χ0) is 17.7. The molecule has 1 spiro atoms. The van der Waals surface area contributed by atoms with Crippen LogP contribution in [0.2, 0.25) is 5.02 Å². The van der Waals surface area contributed by atoms with Gasteiger partial charge >= 0.3 is 0 Å². The molecular weight excluding hydrogens is 364 g/mol. The van der Waals surface area contributed by atoms with Crippen molar-refractivity contribution in [2.75, 3.05) is 0 Å². The predicted octanol–water partition coefficient (Wildman–Crippen LogP) is 5.23. The van der Waals surface area contributed by atoms with Crippen LogP contribution in [0.15, 0.2) is 52.3 Å². The molecule has 4 aliphatic carbocycles. The minimum absolute atomic E-state index is 0.171. The van der Waals surface area contributed by atoms with Crippen LogP contribution < -0.4 is 0 Å². The number of fused-ring (bicyclic) bond motifs is 2. The van der Waals surface area contributed by atoms with Crippen LogP contribution in [0.1, 0.15) is 43.2 Å². The third-order valence-corrected chi connectivity index (χ3v) is 9.83. The lowest BCUT2D eigenvalue weighted by Gasteiger charge is -2.63. The fourth-order valence-corrected chi connectivity index (χ4v) is 9.13. The third-order valence-electron chi connectivity index (χ3n) is 7.73. The SMILES string of the molecule is O=S1(=O)c2ccccc2C2(c3cc(Cl)ccc31)C1CC3CC(C1)CC2C3. The molecule has 1 heterocycles. The second-order valence-corrected chi connectivity index (χ2v) is 11.1. The number of sulfone groups is 1. The van der Waals surface area contributed by atoms with E-state index in [1.807, 2.05) is 24.3 Å². The van der Waals surface area contributed by atoms with Crippen LogP contribution in [0, 0.1) is 23.7 Å². The molecule has 0 amide bonds. The summed E-state index contributed by atoms with van der Waals surface area (Å²) in [6.45, 7) is 0. The van der Waals surface area contributed by atoms with E-state index in [1.54, 1.807) is 12.1 Å². The largest absolute Gasteiger partial charge is 0.218 e. The Kier molecular flexibility index (Phi) is 2.98. The molecule has 0 atom stereocenters. The first-order valence-electron chi connectivity index (χ1n) is 9.66. The summed E-state index contributed by atoms with van der Waals surface area (Å²) in [6, 6.07) is 13.2. The van der Waals surface area contributed by atoms with Gasteiger partial charge in [0.1, 0.15) is 0 Å². The number of halogens is 1. The zero-order valence-electron chi connectivity index (χ0n) is 14.5. The van der Waals surface area contributed by atoms with E-state index < -0.39 is 9.84 Å². The molecule has 2 aromatic carbocycles. The van der Waals surface area contributed by atoms with Gasteiger partial charge in [-0.15, -0.1) is 0 Å². The fourth-order valence-electron chi connectivity index (χ4n) is 7.17. The summed E-state index contributed by atoms with van der Waals surface area (Å²) in [4.78, 5) is 1.02. The van der Waals surface area contributed by atoms with Crippen molar-refractivity contribution in [2.24, 2.45) is 23.7 Å². The number of rotatable bonds is 0. The van der Waals surface area contributed by atoms with Crippen molar-refractivity contribution in [3.8, 4) is 0 Å². The zero-order valence-corrected chi connectivity index (χ0v) is 16.1. The summed E-state index contributed by atoms with van der Waals surface area (Å²) < 4.78 is 26.8. The van der Waals surface area contributed by atoms with Crippen LogP contribution in [0.5, 0.6) is 0 Å². The first kappa shape index (κ1) is 15.7. The maximum atomic E-state index is 13.4. The van der Waals surface area contributed by atoms with Gasteiger partial charge in [0.05, 0.1) is 9.79 Å². The normalized spacial score (nSPS) is 38.2. The molecule has 0 N–H and O–H groups in total. The lowest BCUT2D eigenvalue weighted by atomic mass is 9.42. The molecule has 26 heavy (non-hydrogen) atoms. The van der Waals surface area contributed by atoms with E-state index in [-0.39, 0.29) is 5.41 Å². The van der Waals surface area contributed by atoms with Crippen LogP contribution in [0.3, 0.4) is 0 Å². The highest BCUT2D eigenvalue weighted by Gasteiger charge is 2.62. The summed E-state index contributed by atoms with van der Waals surface area (Å²) >= 11 is 6.40. The Morgan fingerprint density at radius 2 is 1.42 bits per heavy atom. The van der Waals surface area contributed by atoms with Gasteiger partial charge in [-0.2, -0.15) is 0 Å². The number of benzene rings is 2. The standard InChI is InChI=1S/C22H21ClO2S/c23-17-5-6-21-19(12-17)22(18-3-1-2-4-20(18)26(21,24)25)15-8-13-7-14(10-15)11-16(22)9-13/h1-6,12-16H,7-11H2. The first-order valence-corrected chi connectivity index (χ1v) is 11.5. The van der Waals surface area contributed by atoms with Gasteiger partial charge in [-0.3, -0.25) is 0 Å². The lowest BCUT2D eigenvalue weighted by molar-refractivity contribution is -0.0446. The van der Waals surface area contributed by atoms with Crippen LogP contribution in [-0.2, 0) is 15.3 Å². The second kappa shape index (κ2) is 4.94. The van der Waals surface area contributed by atoms with Gasteiger partial charge in [0.2, 0.25) is 9.84 Å². The molecule has 0 saturated heterocycles. The van der Waals surface area contributed by atoms with Crippen molar-refractivity contribution in [1.82, 2.24) is 0 Å². The maximum absolute atomic E-state index is 13.4. The van der Waals surface area contributed by atoms with E-state index in [0.717, 1.165) is 23.0 Å². The monoisotopic (exact) mass is 384 g/mol. The van der Waals surface area contributed by atoms with E-state index >= 15 is 0 Å². The van der Waals surface area contributed by atoms with Gasteiger partial charge < -0.3 is 0 Å². The molecule has 0 radical (unpaired) electrons. The number of hydrogen-bond donors (Lipinski definition) is 0. The Labute approximate surface area is 159 Å². The smallest absolute Gasteiger partial charge is 0.207 e. The summed E-state index contributed by atoms with van der Waals surface area (Å²) in [5.74, 6) is 2.73. The van der Waals surface area contributed by atoms with Gasteiger partial charge in [-0.25, -0.2) is 8.42 Å². The molecule has 2 nitrogen and oxygen atoms in total. The van der Waals surface area contributed by atoms with Crippen LogP contribution in [-0.4, -0.2) is 8.42 Å². The van der Waals surface area contributed by atoms with Gasteiger partial charge in [0, 0.05) is 10.4 Å². The van der Waals surface area contributed by atoms with E-state index in [9.17, 15) is 8.42 Å². The van der Waals surface area contributed by atoms with Crippen molar-refractivity contribution in [3.05, 3.63) is 58.6 Å². The molecule has 4 fully saturated rings. The Hall–Kier alpha value is -1.32. The molecule has 134 valence electrons. The van der Waals surface area contributed by atoms with E-state index in [4.69, 9.17) is 11.6 Å². The minimum Gasteiger partial charge on any atom is -0.218 e. The van der Waals surface area contributed by atoms with Gasteiger partial charge in [-0.05, 0) is 91.2 Å². The molecule has 0 aromatic heterocycles. The predicted molar refractivity (Wildman–Crippen MR) is 101 cm³/mol. The third kappa shape index (κ3) is 1.72. The summed E-state index contributed by atoms with van der Waals surface area (Å²) in [6.07, 6.45) is 6.30. The molecule has 4 bridgehead atoms. The van der Waals surface area contributed by atoms with Gasteiger partial charge in [0.15, 0.2) is 0 Å². The van der Waals surface area contributed by atoms with Crippen molar-refractivity contribution in [3.63, 3.8) is 0 Å². The van der Waals surface area contributed by atoms with Crippen LogP contribution in [0.4, 0.5) is 0 Å². The number of hydrogen-bond acceptors (Lipinski definition) is 2. The average Bonchev–Trinajstić information content (AvgIpc) is 2.61. The van der Waals surface area contributed by atoms with Gasteiger partial charge in [0.25, 0.3) is 0 Å². The molecule has 1 aliphatic heterocycles. The minimum atomic E-state index is -3.49. The Bertz CT molecular complexity index is 1010. The van der Waals surface area contributed by atoms with Gasteiger partial charge in [-0.1, -0.05) is 29.8 Å². The molecule has 4 saturated carbocycles. The highest BCUT2D eigenvalue weighted by molar-refractivity contribution is 7.91. The van der Waals surface area contributed by atoms with Crippen molar-refractivity contribution in [2.45, 2.75) is 47.3 Å². The van der Waals surface area contributed by atoms with E-state index in [0.29, 0.717) is 26.6 Å². The van der Waals surface area contributed by atoms with E-state index in [2.05, 4.69) is 6.07 Å². The average molecular weight is 385 g/mol. The molecule has 5 aliphatic rings. The fraction of sp³-hybridized carbons (Fsp3) is 0.455. The highest BCUT2D eigenvalue weighted by atomic mass is 35.5. The molecule has 0 unspecified atom stereocenters. The molecular formula is C22H21ClO2S. The van der Waals surface area contributed by atoms with Crippen molar-refractivity contribution < 1.29 is 8.42 Å². The van der Waals surface area contributed by atoms with Crippen LogP contribution >= 0.6 is 11.6 Å². The Balaban J connectivity index is 1.74. The molecule has 2 aromatic rings. The van der Waals surface area contributed by atoms with Crippen molar-refractivity contribution >= 4 is 21.4 Å².